The van der Waals surface area contributed by atoms with Gasteiger partial charge in [0.2, 0.25) is 5.82 Å². The molecule has 0 N–H and O–H groups in total. The zero-order chi connectivity index (χ0) is 15.5. The van der Waals surface area contributed by atoms with E-state index in [1.807, 2.05) is 0 Å². The van der Waals surface area contributed by atoms with Gasteiger partial charge in [0.1, 0.15) is 11.5 Å². The van der Waals surface area contributed by atoms with Crippen LogP contribution in [0.5, 0.6) is 0 Å². The third-order valence-corrected chi connectivity index (χ3v) is 2.95. The molecule has 0 unspecified atom stereocenters. The Balaban J connectivity index is 2.02. The molecule has 0 aliphatic heterocycles. The van der Waals surface area contributed by atoms with Gasteiger partial charge in [-0.1, -0.05) is 17.8 Å². The van der Waals surface area contributed by atoms with Crippen LogP contribution in [0, 0.1) is 17.1 Å². The van der Waals surface area contributed by atoms with Gasteiger partial charge in [-0.15, -0.1) is 0 Å². The quantitative estimate of drug-likeness (QED) is 0.739. The van der Waals surface area contributed by atoms with E-state index < -0.39 is 5.82 Å². The van der Waals surface area contributed by atoms with Gasteiger partial charge in [-0.3, -0.25) is 0 Å². The van der Waals surface area contributed by atoms with Crippen molar-refractivity contribution in [3.8, 4) is 29.0 Å². The van der Waals surface area contributed by atoms with Gasteiger partial charge in [0, 0.05) is 5.56 Å². The molecule has 0 radical (unpaired) electrons. The van der Waals surface area contributed by atoms with E-state index in [0.717, 1.165) is 11.8 Å². The van der Waals surface area contributed by atoms with Crippen molar-refractivity contribution in [2.45, 2.75) is 0 Å². The highest BCUT2D eigenvalue weighted by Gasteiger charge is 2.13. The molecule has 0 saturated carbocycles. The summed E-state index contributed by atoms with van der Waals surface area (Å²) in [6.45, 7) is 3.68. The molecule has 5 nitrogen and oxygen atoms in total. The normalized spacial score (nSPS) is 10.2. The summed E-state index contributed by atoms with van der Waals surface area (Å²) in [5, 5.41) is 12.9. The number of hydrogen-bond donors (Lipinski definition) is 0. The first-order chi connectivity index (χ1) is 10.7. The molecule has 6 heteroatoms. The number of aromatic nitrogens is 3. The molecule has 2 heterocycles. The Morgan fingerprint density at radius 3 is 2.82 bits per heavy atom. The van der Waals surface area contributed by atoms with Crippen LogP contribution >= 0.6 is 0 Å². The summed E-state index contributed by atoms with van der Waals surface area (Å²) in [6.07, 6.45) is 2.71. The van der Waals surface area contributed by atoms with E-state index in [0.29, 0.717) is 16.8 Å². The summed E-state index contributed by atoms with van der Waals surface area (Å²) in [4.78, 5) is 8.12. The molecule has 0 atom stereocenters. The highest BCUT2D eigenvalue weighted by atomic mass is 19.1. The zero-order valence-electron chi connectivity index (χ0n) is 11.3. The zero-order valence-corrected chi connectivity index (χ0v) is 11.3. The summed E-state index contributed by atoms with van der Waals surface area (Å²) >= 11 is 0. The lowest BCUT2D eigenvalue weighted by Crippen LogP contribution is -1.87. The van der Waals surface area contributed by atoms with E-state index in [1.165, 1.54) is 12.1 Å². The largest absolute Gasteiger partial charge is 0.334 e. The molecule has 1 aromatic carbocycles. The first-order valence-electron chi connectivity index (χ1n) is 6.33. The minimum Gasteiger partial charge on any atom is -0.334 e. The van der Waals surface area contributed by atoms with Crippen LogP contribution in [-0.2, 0) is 0 Å². The third-order valence-electron chi connectivity index (χ3n) is 2.95. The van der Waals surface area contributed by atoms with Gasteiger partial charge in [0.25, 0.3) is 5.89 Å². The number of nitriles is 1. The highest BCUT2D eigenvalue weighted by molar-refractivity contribution is 5.65. The van der Waals surface area contributed by atoms with Gasteiger partial charge >= 0.3 is 0 Å². The van der Waals surface area contributed by atoms with Crippen molar-refractivity contribution in [2.24, 2.45) is 0 Å². The van der Waals surface area contributed by atoms with Crippen LogP contribution in [0.25, 0.3) is 29.0 Å². The Morgan fingerprint density at radius 2 is 2.14 bits per heavy atom. The SMILES string of the molecule is C=Cc1cc(C#N)cc(-c2nc(-c3ccc(F)cn3)no2)c1. The van der Waals surface area contributed by atoms with Crippen LogP contribution in [0.3, 0.4) is 0 Å². The number of hydrogen-bond acceptors (Lipinski definition) is 5. The summed E-state index contributed by atoms with van der Waals surface area (Å²) in [6, 6.07) is 9.92. The van der Waals surface area contributed by atoms with E-state index in [1.54, 1.807) is 24.3 Å². The molecular weight excluding hydrogens is 283 g/mol. The van der Waals surface area contributed by atoms with Gasteiger partial charge in [-0.05, 0) is 35.9 Å². The standard InChI is InChI=1S/C16H9FN4O/c1-2-10-5-11(8-18)7-12(6-10)16-20-15(21-22-16)14-4-3-13(17)9-19-14/h2-7,9H,1H2. The number of benzene rings is 1. The van der Waals surface area contributed by atoms with Crippen molar-refractivity contribution in [1.82, 2.24) is 15.1 Å². The number of rotatable bonds is 3. The lowest BCUT2D eigenvalue weighted by atomic mass is 10.1. The van der Waals surface area contributed by atoms with Crippen LogP contribution < -0.4 is 0 Å². The maximum Gasteiger partial charge on any atom is 0.258 e. The average Bonchev–Trinajstić information content (AvgIpc) is 3.05. The van der Waals surface area contributed by atoms with Crippen LogP contribution in [0.1, 0.15) is 11.1 Å². The fourth-order valence-electron chi connectivity index (χ4n) is 1.91. The predicted octanol–water partition coefficient (Wildman–Crippen LogP) is 3.45. The molecule has 0 spiro atoms. The fraction of sp³-hybridized carbons (Fsp3) is 0. The first-order valence-corrected chi connectivity index (χ1v) is 6.33. The van der Waals surface area contributed by atoms with E-state index in [9.17, 15) is 4.39 Å². The topological polar surface area (TPSA) is 75.6 Å². The van der Waals surface area contributed by atoms with E-state index >= 15 is 0 Å². The summed E-state index contributed by atoms with van der Waals surface area (Å²) in [5.41, 5.74) is 2.24. The molecule has 0 saturated heterocycles. The predicted molar refractivity (Wildman–Crippen MR) is 77.7 cm³/mol. The third kappa shape index (κ3) is 2.60. The fourth-order valence-corrected chi connectivity index (χ4v) is 1.91. The smallest absolute Gasteiger partial charge is 0.258 e. The maximum absolute atomic E-state index is 12.9. The van der Waals surface area contributed by atoms with E-state index in [4.69, 9.17) is 9.78 Å². The Labute approximate surface area is 125 Å². The average molecular weight is 292 g/mol. The number of nitrogens with zero attached hydrogens (tertiary/aromatic N) is 4. The number of halogens is 1. The molecule has 0 amide bonds. The van der Waals surface area contributed by atoms with Crippen LogP contribution in [-0.4, -0.2) is 15.1 Å². The molecule has 0 bridgehead atoms. The van der Waals surface area contributed by atoms with Crippen molar-refractivity contribution in [1.29, 1.82) is 5.26 Å². The first kappa shape index (κ1) is 13.6. The summed E-state index contributed by atoms with van der Waals surface area (Å²) < 4.78 is 18.1. The van der Waals surface area contributed by atoms with Gasteiger partial charge in [-0.2, -0.15) is 10.2 Å². The molecular formula is C16H9FN4O. The Bertz CT molecular complexity index is 878. The molecule has 3 rings (SSSR count). The maximum atomic E-state index is 12.9. The van der Waals surface area contributed by atoms with E-state index in [2.05, 4.69) is 27.8 Å². The Morgan fingerprint density at radius 1 is 1.27 bits per heavy atom. The van der Waals surface area contributed by atoms with Gasteiger partial charge < -0.3 is 4.52 Å². The van der Waals surface area contributed by atoms with Crippen LogP contribution in [0.4, 0.5) is 4.39 Å². The molecule has 3 aromatic rings. The van der Waals surface area contributed by atoms with Crippen LogP contribution in [0.2, 0.25) is 0 Å². The van der Waals surface area contributed by atoms with Crippen molar-refractivity contribution in [3.63, 3.8) is 0 Å². The highest BCUT2D eigenvalue weighted by Crippen LogP contribution is 2.24. The van der Waals surface area contributed by atoms with Gasteiger partial charge in [-0.25, -0.2) is 9.37 Å². The summed E-state index contributed by atoms with van der Waals surface area (Å²) in [5.74, 6) is 0.0589. The number of pyridine rings is 1. The second-order valence-electron chi connectivity index (χ2n) is 4.44. The van der Waals surface area contributed by atoms with Crippen LogP contribution in [0.15, 0.2) is 47.6 Å². The van der Waals surface area contributed by atoms with Crippen molar-refractivity contribution in [3.05, 3.63) is 60.1 Å². The van der Waals surface area contributed by atoms with Gasteiger partial charge in [0.15, 0.2) is 0 Å². The minimum absolute atomic E-state index is 0.248. The lowest BCUT2D eigenvalue weighted by molar-refractivity contribution is 0.432. The van der Waals surface area contributed by atoms with Crippen molar-refractivity contribution < 1.29 is 8.91 Å². The Hall–Kier alpha value is -3.33. The monoisotopic (exact) mass is 292 g/mol. The molecule has 2 aromatic heterocycles. The Kier molecular flexibility index (Phi) is 3.46. The minimum atomic E-state index is -0.440. The molecule has 0 aliphatic rings. The lowest BCUT2D eigenvalue weighted by Gasteiger charge is -1.98. The second kappa shape index (κ2) is 5.58. The van der Waals surface area contributed by atoms with Gasteiger partial charge in [0.05, 0.1) is 17.8 Å². The van der Waals surface area contributed by atoms with E-state index in [-0.39, 0.29) is 11.7 Å². The molecule has 0 aliphatic carbocycles. The molecule has 0 fully saturated rings. The van der Waals surface area contributed by atoms with Crippen molar-refractivity contribution in [2.75, 3.05) is 0 Å². The van der Waals surface area contributed by atoms with Crippen molar-refractivity contribution >= 4 is 6.08 Å². The molecule has 106 valence electrons. The summed E-state index contributed by atoms with van der Waals surface area (Å²) in [7, 11) is 0. The second-order valence-corrected chi connectivity index (χ2v) is 4.44. The molecule has 22 heavy (non-hydrogen) atoms.